The van der Waals surface area contributed by atoms with E-state index in [1.165, 1.54) is 24.1 Å². The molecule has 9 heteroatoms. The number of carbonyl (C=O) groups excluding carboxylic acids is 2. The maximum Gasteiger partial charge on any atom is 0.264 e. The molecule has 0 saturated carbocycles. The molecule has 8 nitrogen and oxygen atoms in total. The van der Waals surface area contributed by atoms with Crippen LogP contribution in [-0.4, -0.2) is 57.4 Å². The van der Waals surface area contributed by atoms with Crippen LogP contribution in [0, 0.1) is 0 Å². The first kappa shape index (κ1) is 29.7. The van der Waals surface area contributed by atoms with Crippen LogP contribution in [0.15, 0.2) is 89.8 Å². The van der Waals surface area contributed by atoms with Gasteiger partial charge in [0.2, 0.25) is 11.8 Å². The number of hydrogen-bond acceptors (Lipinski definition) is 5. The van der Waals surface area contributed by atoms with Crippen molar-refractivity contribution in [1.82, 2.24) is 10.2 Å². The standard InChI is InChI=1S/C30H37N3O5S/c1-5-23(2)31-30(35)24(3)32(21-20-25-14-8-6-9-15-25)29(34)22-33(27-18-12-13-19-28(27)38-4)39(36,37)26-16-10-7-11-17-26/h6-19,23-24H,5,20-22H2,1-4H3,(H,31,35)/t23-,24-/m0/s1. The van der Waals surface area contributed by atoms with Gasteiger partial charge >= 0.3 is 0 Å². The lowest BCUT2D eigenvalue weighted by Gasteiger charge is -2.32. The minimum absolute atomic E-state index is 0.0436. The Balaban J connectivity index is 1.99. The third-order valence-electron chi connectivity index (χ3n) is 6.62. The number of rotatable bonds is 13. The molecule has 0 fully saturated rings. The van der Waals surface area contributed by atoms with E-state index in [0.29, 0.717) is 12.2 Å². The Morgan fingerprint density at radius 1 is 0.897 bits per heavy atom. The molecule has 3 aromatic carbocycles. The highest BCUT2D eigenvalue weighted by molar-refractivity contribution is 7.92. The fraction of sp³-hybridized carbons (Fsp3) is 0.333. The van der Waals surface area contributed by atoms with Crippen LogP contribution in [-0.2, 0) is 26.0 Å². The van der Waals surface area contributed by atoms with E-state index in [-0.39, 0.29) is 29.1 Å². The second kappa shape index (κ2) is 13.8. The van der Waals surface area contributed by atoms with E-state index < -0.39 is 28.5 Å². The van der Waals surface area contributed by atoms with Gasteiger partial charge in [0.15, 0.2) is 0 Å². The lowest BCUT2D eigenvalue weighted by molar-refractivity contribution is -0.139. The molecule has 0 aliphatic carbocycles. The van der Waals surface area contributed by atoms with E-state index in [2.05, 4.69) is 5.32 Å². The van der Waals surface area contributed by atoms with E-state index in [0.717, 1.165) is 16.3 Å². The zero-order valence-electron chi connectivity index (χ0n) is 22.9. The third-order valence-corrected chi connectivity index (χ3v) is 8.39. The molecule has 0 spiro atoms. The lowest BCUT2D eigenvalue weighted by Crippen LogP contribution is -2.53. The van der Waals surface area contributed by atoms with Gasteiger partial charge in [0, 0.05) is 12.6 Å². The quantitative estimate of drug-likeness (QED) is 0.342. The summed E-state index contributed by atoms with van der Waals surface area (Å²) in [7, 11) is -2.70. The van der Waals surface area contributed by atoms with Crippen LogP contribution >= 0.6 is 0 Å². The normalized spacial score (nSPS) is 12.7. The first-order chi connectivity index (χ1) is 18.7. The third kappa shape index (κ3) is 7.60. The monoisotopic (exact) mass is 551 g/mol. The van der Waals surface area contributed by atoms with Crippen molar-refractivity contribution in [1.29, 1.82) is 0 Å². The molecule has 3 aromatic rings. The van der Waals surface area contributed by atoms with Gasteiger partial charge in [0.25, 0.3) is 10.0 Å². The number of nitrogens with one attached hydrogen (secondary N) is 1. The van der Waals surface area contributed by atoms with Gasteiger partial charge in [-0.1, -0.05) is 67.6 Å². The summed E-state index contributed by atoms with van der Waals surface area (Å²) in [5.74, 6) is -0.480. The molecule has 0 bridgehead atoms. The molecular formula is C30H37N3O5S. The van der Waals surface area contributed by atoms with Gasteiger partial charge in [0.05, 0.1) is 17.7 Å². The summed E-state index contributed by atoms with van der Waals surface area (Å²) in [5, 5.41) is 2.94. The predicted molar refractivity (Wildman–Crippen MR) is 153 cm³/mol. The second-order valence-electron chi connectivity index (χ2n) is 9.31. The van der Waals surface area contributed by atoms with Gasteiger partial charge in [-0.05, 0) is 56.5 Å². The van der Waals surface area contributed by atoms with Crippen LogP contribution in [0.25, 0.3) is 0 Å². The van der Waals surface area contributed by atoms with Crippen molar-refractivity contribution >= 4 is 27.5 Å². The van der Waals surface area contributed by atoms with Crippen molar-refractivity contribution in [2.45, 2.75) is 50.6 Å². The molecule has 0 aromatic heterocycles. The highest BCUT2D eigenvalue weighted by Gasteiger charge is 2.33. The summed E-state index contributed by atoms with van der Waals surface area (Å²) in [4.78, 5) is 28.5. The number of hydrogen-bond donors (Lipinski definition) is 1. The van der Waals surface area contributed by atoms with Gasteiger partial charge in [0.1, 0.15) is 18.3 Å². The van der Waals surface area contributed by atoms with E-state index >= 15 is 0 Å². The van der Waals surface area contributed by atoms with Crippen molar-refractivity contribution in [3.05, 3.63) is 90.5 Å². The van der Waals surface area contributed by atoms with Crippen LogP contribution in [0.4, 0.5) is 5.69 Å². The highest BCUT2D eigenvalue weighted by atomic mass is 32.2. The first-order valence-electron chi connectivity index (χ1n) is 13.0. The summed E-state index contributed by atoms with van der Waals surface area (Å²) in [6.07, 6.45) is 1.25. The Hall–Kier alpha value is -3.85. The number of ether oxygens (including phenoxy) is 1. The van der Waals surface area contributed by atoms with Crippen LogP contribution < -0.4 is 14.4 Å². The van der Waals surface area contributed by atoms with Crippen LogP contribution in [0.3, 0.4) is 0 Å². The number of amides is 2. The molecule has 1 N–H and O–H groups in total. The number of sulfonamides is 1. The van der Waals surface area contributed by atoms with Crippen LogP contribution in [0.1, 0.15) is 32.8 Å². The maximum atomic E-state index is 13.9. The molecule has 0 aliphatic rings. The lowest BCUT2D eigenvalue weighted by atomic mass is 10.1. The van der Waals surface area contributed by atoms with E-state index in [1.807, 2.05) is 44.2 Å². The molecule has 0 aliphatic heterocycles. The van der Waals surface area contributed by atoms with Crippen molar-refractivity contribution in [2.75, 3.05) is 24.5 Å². The topological polar surface area (TPSA) is 96.0 Å². The van der Waals surface area contributed by atoms with Crippen LogP contribution in [0.2, 0.25) is 0 Å². The number of para-hydroxylation sites is 2. The minimum atomic E-state index is -4.15. The second-order valence-corrected chi connectivity index (χ2v) is 11.2. The smallest absolute Gasteiger partial charge is 0.264 e. The molecule has 0 heterocycles. The summed E-state index contributed by atoms with van der Waals surface area (Å²) in [5.41, 5.74) is 1.24. The fourth-order valence-corrected chi connectivity index (χ4v) is 5.55. The Kier molecular flexibility index (Phi) is 10.5. The molecule has 39 heavy (non-hydrogen) atoms. The van der Waals surface area contributed by atoms with E-state index in [9.17, 15) is 18.0 Å². The largest absolute Gasteiger partial charge is 0.495 e. The minimum Gasteiger partial charge on any atom is -0.495 e. The fourth-order valence-electron chi connectivity index (χ4n) is 4.10. The number of anilines is 1. The molecule has 2 amide bonds. The van der Waals surface area contributed by atoms with E-state index in [4.69, 9.17) is 4.74 Å². The van der Waals surface area contributed by atoms with Crippen molar-refractivity contribution < 1.29 is 22.7 Å². The molecule has 0 radical (unpaired) electrons. The van der Waals surface area contributed by atoms with Crippen molar-refractivity contribution in [3.63, 3.8) is 0 Å². The number of nitrogens with zero attached hydrogens (tertiary/aromatic N) is 2. The molecule has 2 atom stereocenters. The number of carbonyl (C=O) groups is 2. The average molecular weight is 552 g/mol. The zero-order chi connectivity index (χ0) is 28.4. The highest BCUT2D eigenvalue weighted by Crippen LogP contribution is 2.32. The molecule has 0 saturated heterocycles. The van der Waals surface area contributed by atoms with Gasteiger partial charge in [-0.25, -0.2) is 8.42 Å². The Bertz CT molecular complexity index is 1330. The zero-order valence-corrected chi connectivity index (χ0v) is 23.7. The Morgan fingerprint density at radius 3 is 2.10 bits per heavy atom. The van der Waals surface area contributed by atoms with Gasteiger partial charge < -0.3 is 15.0 Å². The Morgan fingerprint density at radius 2 is 1.49 bits per heavy atom. The summed E-state index contributed by atoms with van der Waals surface area (Å²) >= 11 is 0. The van der Waals surface area contributed by atoms with Crippen molar-refractivity contribution in [2.24, 2.45) is 0 Å². The first-order valence-corrected chi connectivity index (χ1v) is 14.5. The Labute approximate surface area is 231 Å². The van der Waals surface area contributed by atoms with Gasteiger partial charge in [-0.3, -0.25) is 13.9 Å². The van der Waals surface area contributed by atoms with Gasteiger partial charge in [-0.2, -0.15) is 0 Å². The molecule has 208 valence electrons. The van der Waals surface area contributed by atoms with Gasteiger partial charge in [-0.15, -0.1) is 0 Å². The summed E-state index contributed by atoms with van der Waals surface area (Å²) in [6, 6.07) is 23.4. The van der Waals surface area contributed by atoms with Crippen LogP contribution in [0.5, 0.6) is 5.75 Å². The molecular weight excluding hydrogens is 514 g/mol. The average Bonchev–Trinajstić information content (AvgIpc) is 2.96. The van der Waals surface area contributed by atoms with E-state index in [1.54, 1.807) is 49.4 Å². The maximum absolute atomic E-state index is 13.9. The summed E-state index contributed by atoms with van der Waals surface area (Å²) < 4.78 is 34.2. The summed E-state index contributed by atoms with van der Waals surface area (Å²) in [6.45, 7) is 5.26. The SMILES string of the molecule is CC[C@H](C)NC(=O)[C@H](C)N(CCc1ccccc1)C(=O)CN(c1ccccc1OC)S(=O)(=O)c1ccccc1. The number of methoxy groups -OCH3 is 1. The van der Waals surface area contributed by atoms with Crippen molar-refractivity contribution in [3.8, 4) is 5.75 Å². The predicted octanol–water partition coefficient (Wildman–Crippen LogP) is 4.27. The molecule has 3 rings (SSSR count). The number of benzene rings is 3. The molecule has 0 unspecified atom stereocenters.